The second kappa shape index (κ2) is 7.16. The van der Waals surface area contributed by atoms with Crippen molar-refractivity contribution < 1.29 is 14.7 Å². The second-order valence-electron chi connectivity index (χ2n) is 3.99. The maximum atomic E-state index is 11.9. The van der Waals surface area contributed by atoms with Crippen molar-refractivity contribution in [3.05, 3.63) is 35.9 Å². The van der Waals surface area contributed by atoms with E-state index in [1.54, 1.807) is 24.3 Å². The van der Waals surface area contributed by atoms with Crippen LogP contribution < -0.4 is 5.32 Å². The number of hydrogen-bond donors (Lipinski definition) is 2. The number of aliphatic carboxylic acids is 1. The van der Waals surface area contributed by atoms with Crippen molar-refractivity contribution in [1.29, 1.82) is 0 Å². The van der Waals surface area contributed by atoms with Crippen LogP contribution >= 0.6 is 15.9 Å². The third-order valence-corrected chi connectivity index (χ3v) is 3.39. The van der Waals surface area contributed by atoms with E-state index in [2.05, 4.69) is 21.2 Å². The van der Waals surface area contributed by atoms with Gasteiger partial charge in [0.2, 0.25) is 0 Å². The molecule has 0 fully saturated rings. The molecule has 0 heterocycles. The molecule has 0 aromatic heterocycles. The topological polar surface area (TPSA) is 66.4 Å². The van der Waals surface area contributed by atoms with Crippen molar-refractivity contribution in [3.8, 4) is 0 Å². The van der Waals surface area contributed by atoms with Gasteiger partial charge in [0.25, 0.3) is 5.91 Å². The van der Waals surface area contributed by atoms with Gasteiger partial charge in [0, 0.05) is 11.6 Å². The van der Waals surface area contributed by atoms with Crippen molar-refractivity contribution in [2.45, 2.75) is 30.6 Å². The summed E-state index contributed by atoms with van der Waals surface area (Å²) in [4.78, 5) is 22.0. The minimum absolute atomic E-state index is 0.154. The molecule has 2 unspecified atom stereocenters. The Bertz CT molecular complexity index is 408. The van der Waals surface area contributed by atoms with Crippen molar-refractivity contribution in [2.24, 2.45) is 0 Å². The van der Waals surface area contributed by atoms with Gasteiger partial charge < -0.3 is 10.4 Å². The molecular weight excluding hydrogens is 298 g/mol. The molecule has 0 radical (unpaired) electrons. The summed E-state index contributed by atoms with van der Waals surface area (Å²) in [5, 5.41) is 11.7. The van der Waals surface area contributed by atoms with Crippen LogP contribution in [0.25, 0.3) is 0 Å². The first-order valence-electron chi connectivity index (χ1n) is 5.77. The molecule has 0 saturated carbocycles. The molecule has 0 aliphatic carbocycles. The Morgan fingerprint density at radius 2 is 1.94 bits per heavy atom. The normalized spacial score (nSPS) is 13.7. The average Bonchev–Trinajstić information content (AvgIpc) is 2.38. The Balaban J connectivity index is 2.58. The van der Waals surface area contributed by atoms with Crippen molar-refractivity contribution in [2.75, 3.05) is 0 Å². The first-order valence-corrected chi connectivity index (χ1v) is 6.69. The minimum atomic E-state index is -0.914. The number of amides is 1. The number of carbonyl (C=O) groups is 2. The largest absolute Gasteiger partial charge is 0.480 e. The van der Waals surface area contributed by atoms with Gasteiger partial charge in [-0.05, 0) is 25.0 Å². The number of halogens is 1. The molecule has 2 atom stereocenters. The van der Waals surface area contributed by atoms with Crippen LogP contribution in [0.1, 0.15) is 30.1 Å². The fourth-order valence-electron chi connectivity index (χ4n) is 1.54. The molecule has 0 saturated heterocycles. The van der Waals surface area contributed by atoms with E-state index in [0.717, 1.165) is 0 Å². The van der Waals surface area contributed by atoms with E-state index >= 15 is 0 Å². The Morgan fingerprint density at radius 3 is 2.44 bits per heavy atom. The van der Waals surface area contributed by atoms with Gasteiger partial charge in [0.15, 0.2) is 0 Å². The van der Waals surface area contributed by atoms with E-state index in [-0.39, 0.29) is 11.9 Å². The zero-order valence-electron chi connectivity index (χ0n) is 10.1. The van der Waals surface area contributed by atoms with Crippen LogP contribution in [0, 0.1) is 0 Å². The molecule has 98 valence electrons. The summed E-state index contributed by atoms with van der Waals surface area (Å²) in [7, 11) is 0. The maximum Gasteiger partial charge on any atom is 0.317 e. The molecule has 0 bridgehead atoms. The zero-order valence-corrected chi connectivity index (χ0v) is 11.7. The van der Waals surface area contributed by atoms with Crippen molar-refractivity contribution >= 4 is 27.8 Å². The quantitative estimate of drug-likeness (QED) is 0.793. The number of rotatable bonds is 6. The Kier molecular flexibility index (Phi) is 5.85. The first-order chi connectivity index (χ1) is 8.54. The summed E-state index contributed by atoms with van der Waals surface area (Å²) in [6, 6.07) is 8.72. The highest BCUT2D eigenvalue weighted by Gasteiger charge is 2.20. The fourth-order valence-corrected chi connectivity index (χ4v) is 1.99. The lowest BCUT2D eigenvalue weighted by Crippen LogP contribution is -2.37. The minimum Gasteiger partial charge on any atom is -0.480 e. The predicted octanol–water partition coefficient (Wildman–Crippen LogP) is 2.43. The number of carbonyl (C=O) groups excluding carboxylic acids is 1. The predicted molar refractivity (Wildman–Crippen MR) is 73.0 cm³/mol. The summed E-state index contributed by atoms with van der Waals surface area (Å²) < 4.78 is 0. The molecule has 0 aliphatic rings. The molecule has 1 amide bonds. The van der Waals surface area contributed by atoms with Gasteiger partial charge in [-0.3, -0.25) is 9.59 Å². The number of benzene rings is 1. The van der Waals surface area contributed by atoms with Crippen LogP contribution in [0.3, 0.4) is 0 Å². The molecule has 0 spiro atoms. The number of alkyl halides is 1. The Morgan fingerprint density at radius 1 is 1.33 bits per heavy atom. The fraction of sp³-hybridized carbons (Fsp3) is 0.385. The summed E-state index contributed by atoms with van der Waals surface area (Å²) in [5.74, 6) is -1.09. The third kappa shape index (κ3) is 4.49. The zero-order chi connectivity index (χ0) is 13.5. The van der Waals surface area contributed by atoms with Gasteiger partial charge in [-0.15, -0.1) is 0 Å². The highest BCUT2D eigenvalue weighted by Crippen LogP contribution is 2.11. The lowest BCUT2D eigenvalue weighted by molar-refractivity contribution is -0.136. The molecule has 4 nitrogen and oxygen atoms in total. The van der Waals surface area contributed by atoms with Gasteiger partial charge in [0.1, 0.15) is 4.83 Å². The SMILES string of the molecule is CCC(CC(Br)C(=O)O)NC(=O)c1ccccc1. The van der Waals surface area contributed by atoms with Crippen LogP contribution in [0.2, 0.25) is 0 Å². The van der Waals surface area contributed by atoms with Crippen LogP contribution in [0.4, 0.5) is 0 Å². The molecule has 1 aromatic carbocycles. The van der Waals surface area contributed by atoms with Gasteiger partial charge in [-0.1, -0.05) is 41.1 Å². The van der Waals surface area contributed by atoms with Gasteiger partial charge in [-0.2, -0.15) is 0 Å². The summed E-state index contributed by atoms with van der Waals surface area (Å²) >= 11 is 3.08. The number of carboxylic acids is 1. The summed E-state index contributed by atoms with van der Waals surface area (Å²) in [5.41, 5.74) is 0.581. The van der Waals surface area contributed by atoms with E-state index in [1.165, 1.54) is 0 Å². The molecular formula is C13H16BrNO3. The van der Waals surface area contributed by atoms with E-state index in [0.29, 0.717) is 18.4 Å². The maximum absolute atomic E-state index is 11.9. The molecule has 0 aliphatic heterocycles. The third-order valence-electron chi connectivity index (χ3n) is 2.62. The smallest absolute Gasteiger partial charge is 0.317 e. The Hall–Kier alpha value is -1.36. The van der Waals surface area contributed by atoms with E-state index in [9.17, 15) is 9.59 Å². The van der Waals surface area contributed by atoms with E-state index in [1.807, 2.05) is 13.0 Å². The second-order valence-corrected chi connectivity index (χ2v) is 5.09. The van der Waals surface area contributed by atoms with Crippen LogP contribution in [0.15, 0.2) is 30.3 Å². The molecule has 18 heavy (non-hydrogen) atoms. The average molecular weight is 314 g/mol. The van der Waals surface area contributed by atoms with Gasteiger partial charge in [-0.25, -0.2) is 0 Å². The lowest BCUT2D eigenvalue weighted by Gasteiger charge is -2.18. The standard InChI is InChI=1S/C13H16BrNO3/c1-2-10(8-11(14)13(17)18)15-12(16)9-6-4-3-5-7-9/h3-7,10-11H,2,8H2,1H3,(H,15,16)(H,17,18). The van der Waals surface area contributed by atoms with E-state index in [4.69, 9.17) is 5.11 Å². The van der Waals surface area contributed by atoms with E-state index < -0.39 is 10.8 Å². The molecule has 2 N–H and O–H groups in total. The van der Waals surface area contributed by atoms with Crippen LogP contribution in [-0.2, 0) is 4.79 Å². The summed E-state index contributed by atoms with van der Waals surface area (Å²) in [6.07, 6.45) is 1.05. The van der Waals surface area contributed by atoms with Gasteiger partial charge in [0.05, 0.1) is 0 Å². The number of carboxylic acid groups (broad SMARTS) is 1. The van der Waals surface area contributed by atoms with Crippen molar-refractivity contribution in [3.63, 3.8) is 0 Å². The Labute approximate surface area is 115 Å². The highest BCUT2D eigenvalue weighted by atomic mass is 79.9. The molecule has 5 heteroatoms. The number of nitrogens with one attached hydrogen (secondary N) is 1. The summed E-state index contributed by atoms with van der Waals surface area (Å²) in [6.45, 7) is 1.91. The van der Waals surface area contributed by atoms with Crippen LogP contribution in [-0.4, -0.2) is 27.9 Å². The molecule has 1 rings (SSSR count). The monoisotopic (exact) mass is 313 g/mol. The van der Waals surface area contributed by atoms with Gasteiger partial charge >= 0.3 is 5.97 Å². The first kappa shape index (κ1) is 14.7. The lowest BCUT2D eigenvalue weighted by atomic mass is 10.1. The van der Waals surface area contributed by atoms with Crippen LogP contribution in [0.5, 0.6) is 0 Å². The highest BCUT2D eigenvalue weighted by molar-refractivity contribution is 9.10. The number of hydrogen-bond acceptors (Lipinski definition) is 2. The van der Waals surface area contributed by atoms with Crippen molar-refractivity contribution in [1.82, 2.24) is 5.32 Å². The molecule has 1 aromatic rings.